The van der Waals surface area contributed by atoms with E-state index < -0.39 is 5.69 Å². The van der Waals surface area contributed by atoms with Crippen LogP contribution in [0.4, 0.5) is 0 Å². The molecule has 0 spiro atoms. The monoisotopic (exact) mass is 386 g/mol. The van der Waals surface area contributed by atoms with Crippen LogP contribution < -0.4 is 11.2 Å². The molecule has 1 aromatic carbocycles. The van der Waals surface area contributed by atoms with Crippen LogP contribution in [0.15, 0.2) is 39.9 Å². The Kier molecular flexibility index (Phi) is 9.21. The van der Waals surface area contributed by atoms with Crippen molar-refractivity contribution in [2.24, 2.45) is 0 Å². The van der Waals surface area contributed by atoms with E-state index in [1.807, 2.05) is 44.2 Å². The van der Waals surface area contributed by atoms with Gasteiger partial charge >= 0.3 is 5.69 Å². The molecule has 0 saturated heterocycles. The molecule has 1 N–H and O–H groups in total. The number of ether oxygens (including phenoxy) is 1. The van der Waals surface area contributed by atoms with E-state index in [-0.39, 0.29) is 18.2 Å². The minimum Gasteiger partial charge on any atom is -0.361 e. The van der Waals surface area contributed by atoms with E-state index in [1.165, 1.54) is 25.7 Å². The maximum absolute atomic E-state index is 12.5. The SMILES string of the molecule is CCCCCCCCOCn1c(Cc2ccccc2)c(C(C)C)c(=O)[nH]c1=O. The van der Waals surface area contributed by atoms with E-state index >= 15 is 0 Å². The summed E-state index contributed by atoms with van der Waals surface area (Å²) in [6.07, 6.45) is 7.71. The molecular formula is C23H34N2O3. The first-order chi connectivity index (χ1) is 13.5. The van der Waals surface area contributed by atoms with Gasteiger partial charge in [-0.05, 0) is 17.9 Å². The highest BCUT2D eigenvalue weighted by Gasteiger charge is 2.18. The highest BCUT2D eigenvalue weighted by Crippen LogP contribution is 2.18. The summed E-state index contributed by atoms with van der Waals surface area (Å²) in [5, 5.41) is 0. The molecule has 0 atom stereocenters. The molecule has 0 saturated carbocycles. The zero-order valence-electron chi connectivity index (χ0n) is 17.5. The number of H-pyrrole nitrogens is 1. The van der Waals surface area contributed by atoms with Gasteiger partial charge in [-0.3, -0.25) is 14.3 Å². The van der Waals surface area contributed by atoms with Crippen LogP contribution in [0, 0.1) is 0 Å². The first kappa shape index (κ1) is 22.2. The summed E-state index contributed by atoms with van der Waals surface area (Å²) in [6, 6.07) is 9.92. The number of aromatic nitrogens is 2. The fourth-order valence-electron chi connectivity index (χ4n) is 3.48. The summed E-state index contributed by atoms with van der Waals surface area (Å²) in [5.41, 5.74) is 1.78. The molecule has 0 fully saturated rings. The maximum atomic E-state index is 12.5. The average Bonchev–Trinajstić information content (AvgIpc) is 2.66. The molecule has 0 aliphatic rings. The molecule has 0 bridgehead atoms. The van der Waals surface area contributed by atoms with Crippen molar-refractivity contribution in [2.75, 3.05) is 6.61 Å². The zero-order valence-corrected chi connectivity index (χ0v) is 17.5. The van der Waals surface area contributed by atoms with Gasteiger partial charge in [0.2, 0.25) is 0 Å². The molecule has 2 rings (SSSR count). The Morgan fingerprint density at radius 1 is 1.00 bits per heavy atom. The Hall–Kier alpha value is -2.14. The minimum atomic E-state index is -0.400. The second kappa shape index (κ2) is 11.6. The van der Waals surface area contributed by atoms with E-state index in [2.05, 4.69) is 11.9 Å². The van der Waals surface area contributed by atoms with Crippen molar-refractivity contribution in [3.63, 3.8) is 0 Å². The van der Waals surface area contributed by atoms with Crippen LogP contribution in [0.25, 0.3) is 0 Å². The van der Waals surface area contributed by atoms with Gasteiger partial charge in [0.15, 0.2) is 0 Å². The molecule has 0 aliphatic carbocycles. The largest absolute Gasteiger partial charge is 0.361 e. The molecule has 5 nitrogen and oxygen atoms in total. The lowest BCUT2D eigenvalue weighted by atomic mass is 9.98. The average molecular weight is 387 g/mol. The van der Waals surface area contributed by atoms with E-state index in [9.17, 15) is 9.59 Å². The van der Waals surface area contributed by atoms with Crippen molar-refractivity contribution in [3.8, 4) is 0 Å². The molecule has 0 radical (unpaired) electrons. The number of hydrogen-bond acceptors (Lipinski definition) is 3. The van der Waals surface area contributed by atoms with Crippen molar-refractivity contribution in [2.45, 2.75) is 78.4 Å². The highest BCUT2D eigenvalue weighted by atomic mass is 16.5. The summed E-state index contributed by atoms with van der Waals surface area (Å²) in [5.74, 6) is 0.0212. The number of hydrogen-bond donors (Lipinski definition) is 1. The first-order valence-corrected chi connectivity index (χ1v) is 10.5. The van der Waals surface area contributed by atoms with Gasteiger partial charge in [-0.25, -0.2) is 4.79 Å². The van der Waals surface area contributed by atoms with Crippen molar-refractivity contribution < 1.29 is 4.74 Å². The number of nitrogens with one attached hydrogen (secondary N) is 1. The molecule has 5 heteroatoms. The fourth-order valence-corrected chi connectivity index (χ4v) is 3.48. The number of benzene rings is 1. The second-order valence-corrected chi connectivity index (χ2v) is 7.67. The first-order valence-electron chi connectivity index (χ1n) is 10.5. The molecule has 0 amide bonds. The molecule has 154 valence electrons. The highest BCUT2D eigenvalue weighted by molar-refractivity contribution is 5.28. The number of rotatable bonds is 12. The van der Waals surface area contributed by atoms with Crippen LogP contribution in [0.3, 0.4) is 0 Å². The molecule has 0 unspecified atom stereocenters. The fraction of sp³-hybridized carbons (Fsp3) is 0.565. The van der Waals surface area contributed by atoms with Crippen LogP contribution in [-0.4, -0.2) is 16.2 Å². The van der Waals surface area contributed by atoms with Crippen LogP contribution >= 0.6 is 0 Å². The van der Waals surface area contributed by atoms with Crippen molar-refractivity contribution in [1.29, 1.82) is 0 Å². The topological polar surface area (TPSA) is 64.1 Å². The lowest BCUT2D eigenvalue weighted by molar-refractivity contribution is 0.0686. The van der Waals surface area contributed by atoms with Crippen LogP contribution in [0.1, 0.15) is 82.0 Å². The van der Waals surface area contributed by atoms with Gasteiger partial charge in [-0.1, -0.05) is 83.2 Å². The van der Waals surface area contributed by atoms with Gasteiger partial charge < -0.3 is 4.74 Å². The van der Waals surface area contributed by atoms with Crippen LogP contribution in [0.5, 0.6) is 0 Å². The third-order valence-electron chi connectivity index (χ3n) is 5.00. The quantitative estimate of drug-likeness (QED) is 0.543. The smallest absolute Gasteiger partial charge is 0.330 e. The van der Waals surface area contributed by atoms with Crippen LogP contribution in [0.2, 0.25) is 0 Å². The Morgan fingerprint density at radius 3 is 2.36 bits per heavy atom. The Balaban J connectivity index is 2.12. The van der Waals surface area contributed by atoms with E-state index in [4.69, 9.17) is 4.74 Å². The molecule has 28 heavy (non-hydrogen) atoms. The molecule has 1 aromatic heterocycles. The van der Waals surface area contributed by atoms with Crippen molar-refractivity contribution in [3.05, 3.63) is 68.0 Å². The summed E-state index contributed by atoms with van der Waals surface area (Å²) >= 11 is 0. The minimum absolute atomic E-state index is 0.0212. The van der Waals surface area contributed by atoms with E-state index in [0.717, 1.165) is 24.1 Å². The van der Waals surface area contributed by atoms with E-state index in [1.54, 1.807) is 4.57 Å². The normalized spacial score (nSPS) is 11.3. The van der Waals surface area contributed by atoms with Gasteiger partial charge in [0.25, 0.3) is 5.56 Å². The Morgan fingerprint density at radius 2 is 1.68 bits per heavy atom. The standard InChI is InChI=1S/C23H34N2O3/c1-4-5-6-7-8-12-15-28-17-25-20(16-19-13-10-9-11-14-19)21(18(2)3)22(26)24-23(25)27/h9-11,13-14,18H,4-8,12,15-17H2,1-3H3,(H,24,26,27). The summed E-state index contributed by atoms with van der Waals surface area (Å²) in [4.78, 5) is 27.4. The number of aromatic amines is 1. The van der Waals surface area contributed by atoms with Gasteiger partial charge in [-0.2, -0.15) is 0 Å². The Labute approximate surface area is 167 Å². The summed E-state index contributed by atoms with van der Waals surface area (Å²) < 4.78 is 7.39. The third-order valence-corrected chi connectivity index (χ3v) is 5.00. The molecule has 2 aromatic rings. The zero-order chi connectivity index (χ0) is 20.4. The van der Waals surface area contributed by atoms with Crippen LogP contribution in [-0.2, 0) is 17.9 Å². The predicted molar refractivity (Wildman–Crippen MR) is 114 cm³/mol. The number of unbranched alkanes of at least 4 members (excludes halogenated alkanes) is 5. The van der Waals surface area contributed by atoms with Gasteiger partial charge in [-0.15, -0.1) is 0 Å². The van der Waals surface area contributed by atoms with Crippen molar-refractivity contribution in [1.82, 2.24) is 9.55 Å². The third kappa shape index (κ3) is 6.48. The van der Waals surface area contributed by atoms with E-state index in [0.29, 0.717) is 18.6 Å². The second-order valence-electron chi connectivity index (χ2n) is 7.67. The number of nitrogens with zero attached hydrogens (tertiary/aromatic N) is 1. The van der Waals surface area contributed by atoms with Gasteiger partial charge in [0.05, 0.1) is 0 Å². The molecule has 0 aliphatic heterocycles. The van der Waals surface area contributed by atoms with Gasteiger partial charge in [0.1, 0.15) is 6.73 Å². The molecule has 1 heterocycles. The van der Waals surface area contributed by atoms with Crippen molar-refractivity contribution >= 4 is 0 Å². The lowest BCUT2D eigenvalue weighted by Gasteiger charge is -2.18. The summed E-state index contributed by atoms with van der Waals surface area (Å²) in [7, 11) is 0. The molecular weight excluding hydrogens is 352 g/mol. The van der Waals surface area contributed by atoms with Gasteiger partial charge in [0, 0.05) is 24.3 Å². The maximum Gasteiger partial charge on any atom is 0.330 e. The summed E-state index contributed by atoms with van der Waals surface area (Å²) in [6.45, 7) is 6.96. The lowest BCUT2D eigenvalue weighted by Crippen LogP contribution is -2.36. The Bertz CT molecular complexity index is 822. The predicted octanol–water partition coefficient (Wildman–Crippen LogP) is 4.59.